The van der Waals surface area contributed by atoms with Crippen LogP contribution in [-0.2, 0) is 0 Å². The average molecular weight is 296 g/mol. The summed E-state index contributed by atoms with van der Waals surface area (Å²) < 4.78 is 5.16. The maximum atomic E-state index is 5.16. The molecule has 0 aliphatic carbocycles. The summed E-state index contributed by atoms with van der Waals surface area (Å²) in [5.74, 6) is 0.848. The smallest absolute Gasteiger partial charge is 0.187 e. The summed E-state index contributed by atoms with van der Waals surface area (Å²) in [6, 6.07) is 18.1. The molecule has 0 aliphatic rings. The summed E-state index contributed by atoms with van der Waals surface area (Å²) in [7, 11) is 1.67. The van der Waals surface area contributed by atoms with Crippen LogP contribution < -0.4 is 10.1 Å². The van der Waals surface area contributed by atoms with Gasteiger partial charge in [-0.15, -0.1) is 11.3 Å². The van der Waals surface area contributed by atoms with Crippen LogP contribution in [0.15, 0.2) is 54.6 Å². The van der Waals surface area contributed by atoms with Crippen LogP contribution in [0.5, 0.6) is 5.75 Å². The van der Waals surface area contributed by atoms with E-state index in [2.05, 4.69) is 24.4 Å². The molecule has 1 aromatic heterocycles. The third-order valence-electron chi connectivity index (χ3n) is 3.19. The van der Waals surface area contributed by atoms with Crippen LogP contribution >= 0.6 is 11.3 Å². The standard InChI is InChI=1S/C17H16N2OS/c1-12-16(13-6-4-3-5-7-13)19-17(21-12)18-14-8-10-15(20-2)11-9-14/h3-11H,1-2H3,(H,18,19). The lowest BCUT2D eigenvalue weighted by molar-refractivity contribution is 0.415. The topological polar surface area (TPSA) is 34.1 Å². The van der Waals surface area contributed by atoms with Crippen LogP contribution in [0.25, 0.3) is 11.3 Å². The second-order valence-electron chi connectivity index (χ2n) is 4.64. The molecular weight excluding hydrogens is 280 g/mol. The van der Waals surface area contributed by atoms with Crippen LogP contribution in [0.1, 0.15) is 4.88 Å². The van der Waals surface area contributed by atoms with Gasteiger partial charge in [-0.3, -0.25) is 0 Å². The van der Waals surface area contributed by atoms with Crippen molar-refractivity contribution in [2.75, 3.05) is 12.4 Å². The van der Waals surface area contributed by atoms with Crippen LogP contribution in [0.2, 0.25) is 0 Å². The highest BCUT2D eigenvalue weighted by molar-refractivity contribution is 7.16. The molecule has 21 heavy (non-hydrogen) atoms. The molecule has 3 rings (SSSR count). The first-order chi connectivity index (χ1) is 10.3. The van der Waals surface area contributed by atoms with E-state index >= 15 is 0 Å². The van der Waals surface area contributed by atoms with Crippen molar-refractivity contribution in [2.45, 2.75) is 6.92 Å². The van der Waals surface area contributed by atoms with Crippen molar-refractivity contribution in [1.82, 2.24) is 4.98 Å². The summed E-state index contributed by atoms with van der Waals surface area (Å²) >= 11 is 1.66. The van der Waals surface area contributed by atoms with Gasteiger partial charge in [0.15, 0.2) is 5.13 Å². The highest BCUT2D eigenvalue weighted by Gasteiger charge is 2.09. The van der Waals surface area contributed by atoms with Crippen molar-refractivity contribution in [1.29, 1.82) is 0 Å². The summed E-state index contributed by atoms with van der Waals surface area (Å²) in [4.78, 5) is 5.90. The van der Waals surface area contributed by atoms with Gasteiger partial charge >= 0.3 is 0 Å². The number of methoxy groups -OCH3 is 1. The molecule has 0 spiro atoms. The fourth-order valence-corrected chi connectivity index (χ4v) is 2.97. The Morgan fingerprint density at radius 2 is 1.71 bits per heavy atom. The number of aryl methyl sites for hydroxylation is 1. The Morgan fingerprint density at radius 1 is 1.00 bits per heavy atom. The van der Waals surface area contributed by atoms with Crippen molar-refractivity contribution in [3.63, 3.8) is 0 Å². The molecule has 0 radical (unpaired) electrons. The van der Waals surface area contributed by atoms with E-state index in [-0.39, 0.29) is 0 Å². The predicted octanol–water partition coefficient (Wildman–Crippen LogP) is 4.87. The number of nitrogens with zero attached hydrogens (tertiary/aromatic N) is 1. The van der Waals surface area contributed by atoms with E-state index in [1.54, 1.807) is 18.4 Å². The van der Waals surface area contributed by atoms with E-state index in [1.807, 2.05) is 42.5 Å². The first kappa shape index (κ1) is 13.6. The molecule has 0 bridgehead atoms. The van der Waals surface area contributed by atoms with Crippen LogP contribution in [0.4, 0.5) is 10.8 Å². The molecule has 0 atom stereocenters. The highest BCUT2D eigenvalue weighted by Crippen LogP contribution is 2.32. The number of hydrogen-bond acceptors (Lipinski definition) is 4. The van der Waals surface area contributed by atoms with Gasteiger partial charge in [-0.2, -0.15) is 0 Å². The van der Waals surface area contributed by atoms with E-state index in [4.69, 9.17) is 9.72 Å². The average Bonchev–Trinajstić information content (AvgIpc) is 2.89. The van der Waals surface area contributed by atoms with Crippen molar-refractivity contribution in [3.8, 4) is 17.0 Å². The SMILES string of the molecule is COc1ccc(Nc2nc(-c3ccccc3)c(C)s2)cc1. The Morgan fingerprint density at radius 3 is 2.38 bits per heavy atom. The fourth-order valence-electron chi connectivity index (χ4n) is 2.11. The van der Waals surface area contributed by atoms with Crippen molar-refractivity contribution < 1.29 is 4.74 Å². The zero-order valence-electron chi connectivity index (χ0n) is 12.0. The van der Waals surface area contributed by atoms with Gasteiger partial charge in [-0.1, -0.05) is 30.3 Å². The molecule has 0 fully saturated rings. The van der Waals surface area contributed by atoms with Crippen LogP contribution in [0.3, 0.4) is 0 Å². The highest BCUT2D eigenvalue weighted by atomic mass is 32.1. The van der Waals surface area contributed by atoms with Crippen LogP contribution in [0, 0.1) is 6.92 Å². The lowest BCUT2D eigenvalue weighted by Gasteiger charge is -2.03. The molecule has 3 aromatic rings. The lowest BCUT2D eigenvalue weighted by atomic mass is 10.1. The summed E-state index contributed by atoms with van der Waals surface area (Å²) in [5, 5.41) is 4.24. The number of rotatable bonds is 4. The molecule has 1 N–H and O–H groups in total. The van der Waals surface area contributed by atoms with E-state index in [0.29, 0.717) is 0 Å². The minimum absolute atomic E-state index is 0.848. The van der Waals surface area contributed by atoms with Gasteiger partial charge in [0.25, 0.3) is 0 Å². The molecule has 4 heteroatoms. The largest absolute Gasteiger partial charge is 0.497 e. The van der Waals surface area contributed by atoms with Gasteiger partial charge in [0.2, 0.25) is 0 Å². The van der Waals surface area contributed by atoms with Crippen molar-refractivity contribution in [3.05, 3.63) is 59.5 Å². The number of anilines is 2. The van der Waals surface area contributed by atoms with Gasteiger partial charge in [0, 0.05) is 16.1 Å². The van der Waals surface area contributed by atoms with Gasteiger partial charge in [-0.05, 0) is 31.2 Å². The Balaban J connectivity index is 1.83. The molecule has 2 aromatic carbocycles. The number of thiazole rings is 1. The molecule has 0 saturated carbocycles. The zero-order valence-corrected chi connectivity index (χ0v) is 12.8. The molecule has 3 nitrogen and oxygen atoms in total. The Labute approximate surface area is 128 Å². The monoisotopic (exact) mass is 296 g/mol. The molecular formula is C17H16N2OS. The van der Waals surface area contributed by atoms with Gasteiger partial charge in [-0.25, -0.2) is 4.98 Å². The molecule has 0 amide bonds. The van der Waals surface area contributed by atoms with Crippen molar-refractivity contribution >= 4 is 22.2 Å². The van der Waals surface area contributed by atoms with Gasteiger partial charge in [0.05, 0.1) is 12.8 Å². The second-order valence-corrected chi connectivity index (χ2v) is 5.85. The first-order valence-electron chi connectivity index (χ1n) is 6.70. The minimum Gasteiger partial charge on any atom is -0.497 e. The number of ether oxygens (including phenoxy) is 1. The Kier molecular flexibility index (Phi) is 3.88. The zero-order chi connectivity index (χ0) is 14.7. The molecule has 106 valence electrons. The first-order valence-corrected chi connectivity index (χ1v) is 7.52. The summed E-state index contributed by atoms with van der Waals surface area (Å²) in [6.45, 7) is 2.10. The van der Waals surface area contributed by atoms with E-state index < -0.39 is 0 Å². The van der Waals surface area contributed by atoms with Gasteiger partial charge in [0.1, 0.15) is 5.75 Å². The van der Waals surface area contributed by atoms with Gasteiger partial charge < -0.3 is 10.1 Å². The van der Waals surface area contributed by atoms with E-state index in [9.17, 15) is 0 Å². The summed E-state index contributed by atoms with van der Waals surface area (Å²) in [5.41, 5.74) is 3.19. The Hall–Kier alpha value is -2.33. The second kappa shape index (κ2) is 5.97. The minimum atomic E-state index is 0.848. The summed E-state index contributed by atoms with van der Waals surface area (Å²) in [6.07, 6.45) is 0. The Bertz CT molecular complexity index is 720. The number of aromatic nitrogens is 1. The lowest BCUT2D eigenvalue weighted by Crippen LogP contribution is -1.90. The molecule has 1 heterocycles. The predicted molar refractivity (Wildman–Crippen MR) is 88.6 cm³/mol. The van der Waals surface area contributed by atoms with Crippen molar-refractivity contribution in [2.24, 2.45) is 0 Å². The molecule has 0 saturated heterocycles. The number of nitrogens with one attached hydrogen (secondary N) is 1. The normalized spacial score (nSPS) is 10.4. The third-order valence-corrected chi connectivity index (χ3v) is 4.07. The maximum absolute atomic E-state index is 5.16. The molecule has 0 unspecified atom stereocenters. The van der Waals surface area contributed by atoms with E-state index in [0.717, 1.165) is 27.8 Å². The fraction of sp³-hybridized carbons (Fsp3) is 0.118. The third kappa shape index (κ3) is 3.06. The van der Waals surface area contributed by atoms with Crippen LogP contribution in [-0.4, -0.2) is 12.1 Å². The number of hydrogen-bond donors (Lipinski definition) is 1. The molecule has 0 aliphatic heterocycles. The quantitative estimate of drug-likeness (QED) is 0.745. The van der Waals surface area contributed by atoms with E-state index in [1.165, 1.54) is 4.88 Å². The maximum Gasteiger partial charge on any atom is 0.187 e. The number of benzene rings is 2.